The van der Waals surface area contributed by atoms with E-state index in [9.17, 15) is 19.1 Å². The van der Waals surface area contributed by atoms with Gasteiger partial charge in [-0.2, -0.15) is 0 Å². The average molecular weight is 514 g/mol. The molecular formula is C31H28FNO5. The molecule has 0 fully saturated rings. The van der Waals surface area contributed by atoms with Gasteiger partial charge in [-0.3, -0.25) is 4.79 Å². The summed E-state index contributed by atoms with van der Waals surface area (Å²) in [6.45, 7) is 0.319. The molecule has 4 aromatic carbocycles. The lowest BCUT2D eigenvalue weighted by Gasteiger charge is -2.26. The number of methoxy groups -OCH3 is 1. The lowest BCUT2D eigenvalue weighted by Crippen LogP contribution is -2.38. The van der Waals surface area contributed by atoms with Crippen molar-refractivity contribution in [2.75, 3.05) is 13.7 Å². The lowest BCUT2D eigenvalue weighted by molar-refractivity contribution is 0.0594. The van der Waals surface area contributed by atoms with Gasteiger partial charge in [0.05, 0.1) is 18.8 Å². The molecule has 4 rings (SSSR count). The molecule has 0 heterocycles. The Labute approximate surface area is 220 Å². The van der Waals surface area contributed by atoms with E-state index in [-0.39, 0.29) is 24.7 Å². The fourth-order valence-corrected chi connectivity index (χ4v) is 4.01. The zero-order chi connectivity index (χ0) is 26.9. The number of hydrogen-bond acceptors (Lipinski definition) is 5. The number of amides is 1. The summed E-state index contributed by atoms with van der Waals surface area (Å²) < 4.78 is 24.3. The van der Waals surface area contributed by atoms with E-state index in [1.54, 1.807) is 65.6 Å². The van der Waals surface area contributed by atoms with Crippen LogP contribution in [0, 0.1) is 5.82 Å². The molecule has 0 aromatic heterocycles. The van der Waals surface area contributed by atoms with Gasteiger partial charge in [0.1, 0.15) is 5.75 Å². The fourth-order valence-electron chi connectivity index (χ4n) is 4.01. The Morgan fingerprint density at radius 3 is 2.11 bits per heavy atom. The van der Waals surface area contributed by atoms with Crippen molar-refractivity contribution in [1.82, 2.24) is 4.90 Å². The van der Waals surface area contributed by atoms with Crippen molar-refractivity contribution in [3.63, 3.8) is 0 Å². The number of hydrogen-bond donors (Lipinski definition) is 1. The summed E-state index contributed by atoms with van der Waals surface area (Å²) in [6.07, 6.45) is -0.402. The number of nitrogens with zero attached hydrogens (tertiary/aromatic N) is 1. The van der Waals surface area contributed by atoms with Crippen LogP contribution in [0.4, 0.5) is 4.39 Å². The summed E-state index contributed by atoms with van der Waals surface area (Å²) in [5.74, 6) is -0.732. The van der Waals surface area contributed by atoms with Gasteiger partial charge in [-0.05, 0) is 59.7 Å². The Hall–Kier alpha value is -4.49. The van der Waals surface area contributed by atoms with Gasteiger partial charge in [0.2, 0.25) is 0 Å². The largest absolute Gasteiger partial charge is 0.465 e. The Morgan fingerprint density at radius 2 is 1.45 bits per heavy atom. The number of esters is 1. The van der Waals surface area contributed by atoms with E-state index in [1.807, 2.05) is 30.3 Å². The molecule has 38 heavy (non-hydrogen) atoms. The molecule has 7 heteroatoms. The first-order chi connectivity index (χ1) is 18.4. The molecule has 0 saturated heterocycles. The van der Waals surface area contributed by atoms with Gasteiger partial charge in [0.15, 0.2) is 11.6 Å². The standard InChI is InChI=1S/C31H28FNO5/c1-37-31(36)25-13-11-23(12-14-25)20-33(21-26(34)19-22-7-3-2-4-8-22)30(35)24-15-17-27(18-16-24)38-29-10-6-5-9-28(29)32/h2-18,26,34H,19-21H2,1H3/t26-/m0/s1. The van der Waals surface area contributed by atoms with Crippen LogP contribution in [0.5, 0.6) is 11.5 Å². The minimum Gasteiger partial charge on any atom is -0.465 e. The van der Waals surface area contributed by atoms with Crippen molar-refractivity contribution < 1.29 is 28.6 Å². The number of carbonyl (C=O) groups is 2. The highest BCUT2D eigenvalue weighted by molar-refractivity contribution is 5.94. The Morgan fingerprint density at radius 1 is 0.816 bits per heavy atom. The maximum Gasteiger partial charge on any atom is 0.337 e. The summed E-state index contributed by atoms with van der Waals surface area (Å²) in [4.78, 5) is 26.9. The predicted molar refractivity (Wildman–Crippen MR) is 142 cm³/mol. The number of para-hydroxylation sites is 1. The maximum atomic E-state index is 13.9. The predicted octanol–water partition coefficient (Wildman–Crippen LogP) is 5.65. The van der Waals surface area contributed by atoms with Crippen LogP contribution in [0.1, 0.15) is 31.8 Å². The van der Waals surface area contributed by atoms with E-state index in [4.69, 9.17) is 9.47 Å². The van der Waals surface area contributed by atoms with E-state index < -0.39 is 17.9 Å². The third-order valence-corrected chi connectivity index (χ3v) is 5.95. The van der Waals surface area contributed by atoms with Gasteiger partial charge in [-0.25, -0.2) is 9.18 Å². The highest BCUT2D eigenvalue weighted by Crippen LogP contribution is 2.25. The smallest absolute Gasteiger partial charge is 0.337 e. The lowest BCUT2D eigenvalue weighted by atomic mass is 10.1. The molecule has 0 aliphatic heterocycles. The van der Waals surface area contributed by atoms with Crippen molar-refractivity contribution in [2.24, 2.45) is 0 Å². The van der Waals surface area contributed by atoms with Crippen LogP contribution < -0.4 is 4.74 Å². The number of rotatable bonds is 10. The molecule has 0 aliphatic carbocycles. The SMILES string of the molecule is COC(=O)c1ccc(CN(C[C@@H](O)Cc2ccccc2)C(=O)c2ccc(Oc3ccccc3F)cc2)cc1. The third kappa shape index (κ3) is 7.05. The van der Waals surface area contributed by atoms with Crippen molar-refractivity contribution >= 4 is 11.9 Å². The van der Waals surface area contributed by atoms with Crippen molar-refractivity contribution in [2.45, 2.75) is 19.1 Å². The number of benzene rings is 4. The second kappa shape index (κ2) is 12.7. The normalized spacial score (nSPS) is 11.4. The van der Waals surface area contributed by atoms with Gasteiger partial charge in [-0.1, -0.05) is 54.6 Å². The summed E-state index contributed by atoms with van der Waals surface area (Å²) in [5, 5.41) is 10.8. The van der Waals surface area contributed by atoms with Gasteiger partial charge in [0, 0.05) is 25.1 Å². The second-order valence-electron chi connectivity index (χ2n) is 8.77. The highest BCUT2D eigenvalue weighted by Gasteiger charge is 2.21. The monoisotopic (exact) mass is 513 g/mol. The molecule has 6 nitrogen and oxygen atoms in total. The van der Waals surface area contributed by atoms with Crippen molar-refractivity contribution in [3.8, 4) is 11.5 Å². The molecule has 4 aromatic rings. The first kappa shape index (κ1) is 26.6. The molecule has 0 radical (unpaired) electrons. The zero-order valence-corrected chi connectivity index (χ0v) is 20.9. The molecular weight excluding hydrogens is 485 g/mol. The summed E-state index contributed by atoms with van der Waals surface area (Å²) in [7, 11) is 1.32. The quantitative estimate of drug-likeness (QED) is 0.277. The molecule has 1 amide bonds. The Bertz CT molecular complexity index is 1360. The molecule has 1 atom stereocenters. The first-order valence-corrected chi connectivity index (χ1v) is 12.1. The van der Waals surface area contributed by atoms with E-state index in [0.29, 0.717) is 23.3 Å². The van der Waals surface area contributed by atoms with E-state index in [0.717, 1.165) is 11.1 Å². The van der Waals surface area contributed by atoms with Gasteiger partial charge in [-0.15, -0.1) is 0 Å². The molecule has 1 N–H and O–H groups in total. The third-order valence-electron chi connectivity index (χ3n) is 5.95. The fraction of sp³-hybridized carbons (Fsp3) is 0.161. The molecule has 194 valence electrons. The van der Waals surface area contributed by atoms with Crippen LogP contribution >= 0.6 is 0 Å². The molecule has 0 aliphatic rings. The minimum atomic E-state index is -0.792. The van der Waals surface area contributed by atoms with Crippen LogP contribution in [0.25, 0.3) is 0 Å². The minimum absolute atomic E-state index is 0.0904. The number of halogens is 1. The number of carbonyl (C=O) groups excluding carboxylic acids is 2. The number of ether oxygens (including phenoxy) is 2. The van der Waals surface area contributed by atoms with Crippen LogP contribution in [-0.2, 0) is 17.7 Å². The van der Waals surface area contributed by atoms with E-state index >= 15 is 0 Å². The Balaban J connectivity index is 1.51. The molecule has 0 unspecified atom stereocenters. The second-order valence-corrected chi connectivity index (χ2v) is 8.77. The average Bonchev–Trinajstić information content (AvgIpc) is 2.94. The summed E-state index contributed by atoms with van der Waals surface area (Å²) in [5.41, 5.74) is 2.55. The van der Waals surface area contributed by atoms with Crippen LogP contribution in [0.2, 0.25) is 0 Å². The maximum absolute atomic E-state index is 13.9. The summed E-state index contributed by atoms with van der Waals surface area (Å²) in [6, 6.07) is 28.8. The van der Waals surface area contributed by atoms with Gasteiger partial charge >= 0.3 is 5.97 Å². The summed E-state index contributed by atoms with van der Waals surface area (Å²) >= 11 is 0. The number of aliphatic hydroxyl groups excluding tert-OH is 1. The first-order valence-electron chi connectivity index (χ1n) is 12.1. The number of aliphatic hydroxyl groups is 1. The van der Waals surface area contributed by atoms with Crippen molar-refractivity contribution in [3.05, 3.63) is 131 Å². The molecule has 0 spiro atoms. The van der Waals surface area contributed by atoms with Crippen LogP contribution in [0.15, 0.2) is 103 Å². The molecule has 0 saturated carbocycles. The topological polar surface area (TPSA) is 76.1 Å². The van der Waals surface area contributed by atoms with E-state index in [2.05, 4.69) is 0 Å². The van der Waals surface area contributed by atoms with Crippen molar-refractivity contribution in [1.29, 1.82) is 0 Å². The molecule has 0 bridgehead atoms. The van der Waals surface area contributed by atoms with Gasteiger partial charge in [0.25, 0.3) is 5.91 Å². The van der Waals surface area contributed by atoms with E-state index in [1.165, 1.54) is 19.2 Å². The van der Waals surface area contributed by atoms with Gasteiger partial charge < -0.3 is 19.5 Å². The van der Waals surface area contributed by atoms with Crippen LogP contribution in [-0.4, -0.2) is 41.6 Å². The Kier molecular flexibility index (Phi) is 8.85. The van der Waals surface area contributed by atoms with Crippen LogP contribution in [0.3, 0.4) is 0 Å². The highest BCUT2D eigenvalue weighted by atomic mass is 19.1. The zero-order valence-electron chi connectivity index (χ0n) is 20.9.